The zero-order valence-corrected chi connectivity index (χ0v) is 13.9. The van der Waals surface area contributed by atoms with Gasteiger partial charge in [-0.2, -0.15) is 10.2 Å². The highest BCUT2D eigenvalue weighted by atomic mass is 16.5. The van der Waals surface area contributed by atoms with E-state index in [-0.39, 0.29) is 0 Å². The third-order valence-corrected chi connectivity index (χ3v) is 4.37. The highest BCUT2D eigenvalue weighted by molar-refractivity contribution is 5.96. The largest absolute Gasteiger partial charge is 0.381 e. The van der Waals surface area contributed by atoms with Gasteiger partial charge in [0.05, 0.1) is 22.8 Å². The molecule has 0 aliphatic carbocycles. The molecule has 1 aliphatic heterocycles. The molecule has 0 bridgehead atoms. The second-order valence-electron chi connectivity index (χ2n) is 6.02. The number of ether oxygens (including phenoxy) is 1. The third-order valence-electron chi connectivity index (χ3n) is 4.37. The van der Waals surface area contributed by atoms with Crippen LogP contribution in [0.25, 0.3) is 22.4 Å². The number of aryl methyl sites for hydroxylation is 2. The summed E-state index contributed by atoms with van der Waals surface area (Å²) in [4.78, 5) is 9.06. The van der Waals surface area contributed by atoms with Gasteiger partial charge in [-0.15, -0.1) is 0 Å². The smallest absolute Gasteiger partial charge is 0.184 e. The molecule has 4 heterocycles. The summed E-state index contributed by atoms with van der Waals surface area (Å²) in [6, 6.07) is 0.369. The van der Waals surface area contributed by atoms with Crippen LogP contribution in [0.3, 0.4) is 0 Å². The molecule has 8 heteroatoms. The van der Waals surface area contributed by atoms with Gasteiger partial charge >= 0.3 is 0 Å². The van der Waals surface area contributed by atoms with E-state index in [0.717, 1.165) is 60.7 Å². The number of nitrogens with one attached hydrogen (secondary N) is 2. The van der Waals surface area contributed by atoms with Crippen LogP contribution in [0, 0.1) is 6.92 Å². The molecule has 126 valence electrons. The molecule has 8 nitrogen and oxygen atoms in total. The molecular formula is C16H21N7O. The van der Waals surface area contributed by atoms with Crippen LogP contribution in [0.1, 0.15) is 25.6 Å². The van der Waals surface area contributed by atoms with Gasteiger partial charge in [0.15, 0.2) is 11.5 Å². The first-order valence-electron chi connectivity index (χ1n) is 8.34. The Hall–Kier alpha value is -2.48. The first-order chi connectivity index (χ1) is 11.8. The van der Waals surface area contributed by atoms with Crippen LogP contribution in [-0.2, 0) is 11.3 Å². The van der Waals surface area contributed by atoms with E-state index in [1.54, 1.807) is 0 Å². The number of aromatic amines is 1. The predicted octanol–water partition coefficient (Wildman–Crippen LogP) is 2.14. The number of aromatic nitrogens is 6. The van der Waals surface area contributed by atoms with Gasteiger partial charge in [0.25, 0.3) is 0 Å². The van der Waals surface area contributed by atoms with E-state index >= 15 is 0 Å². The van der Waals surface area contributed by atoms with Gasteiger partial charge in [0.1, 0.15) is 5.82 Å². The Morgan fingerprint density at radius 1 is 1.33 bits per heavy atom. The van der Waals surface area contributed by atoms with Crippen molar-refractivity contribution in [2.45, 2.75) is 39.3 Å². The molecule has 0 spiro atoms. The molecule has 3 aromatic heterocycles. The number of pyridine rings is 1. The maximum Gasteiger partial charge on any atom is 0.184 e. The molecule has 0 radical (unpaired) electrons. The second kappa shape index (κ2) is 6.20. The topological polar surface area (TPSA) is 93.5 Å². The molecule has 1 fully saturated rings. The van der Waals surface area contributed by atoms with Crippen LogP contribution >= 0.6 is 0 Å². The van der Waals surface area contributed by atoms with Gasteiger partial charge in [-0.25, -0.2) is 14.6 Å². The van der Waals surface area contributed by atoms with Crippen molar-refractivity contribution in [2.24, 2.45) is 0 Å². The molecule has 1 aliphatic rings. The molecule has 0 saturated carbocycles. The van der Waals surface area contributed by atoms with E-state index in [9.17, 15) is 0 Å². The van der Waals surface area contributed by atoms with Gasteiger partial charge in [0, 0.05) is 32.0 Å². The monoisotopic (exact) mass is 327 g/mol. The van der Waals surface area contributed by atoms with Gasteiger partial charge in [-0.05, 0) is 26.7 Å². The van der Waals surface area contributed by atoms with E-state index in [4.69, 9.17) is 4.74 Å². The Balaban J connectivity index is 1.82. The Morgan fingerprint density at radius 2 is 2.17 bits per heavy atom. The summed E-state index contributed by atoms with van der Waals surface area (Å²) in [5, 5.41) is 16.3. The lowest BCUT2D eigenvalue weighted by Gasteiger charge is -2.25. The lowest BCUT2D eigenvalue weighted by Crippen LogP contribution is -2.28. The Labute approximate surface area is 139 Å². The maximum absolute atomic E-state index is 5.47. The van der Waals surface area contributed by atoms with Gasteiger partial charge < -0.3 is 10.1 Å². The molecule has 0 atom stereocenters. The average molecular weight is 327 g/mol. The van der Waals surface area contributed by atoms with Crippen LogP contribution in [0.4, 0.5) is 5.69 Å². The molecule has 4 rings (SSSR count). The normalized spacial score (nSPS) is 15.9. The van der Waals surface area contributed by atoms with Gasteiger partial charge in [0.2, 0.25) is 0 Å². The van der Waals surface area contributed by atoms with Crippen molar-refractivity contribution in [1.82, 2.24) is 29.9 Å². The molecule has 0 amide bonds. The van der Waals surface area contributed by atoms with Crippen LogP contribution in [-0.4, -0.2) is 49.2 Å². The van der Waals surface area contributed by atoms with E-state index in [0.29, 0.717) is 11.9 Å². The molecule has 3 aromatic rings. The Bertz CT molecular complexity index is 847. The molecular weight excluding hydrogens is 306 g/mol. The first kappa shape index (κ1) is 15.1. The minimum absolute atomic E-state index is 0.369. The second-order valence-corrected chi connectivity index (χ2v) is 6.02. The number of H-pyrrole nitrogens is 1. The third kappa shape index (κ3) is 2.62. The summed E-state index contributed by atoms with van der Waals surface area (Å²) >= 11 is 0. The van der Waals surface area contributed by atoms with E-state index in [1.165, 1.54) is 0 Å². The SMILES string of the molecule is CCn1ncc2c(NC3CCOCC3)c(-c3n[nH]c(C)n3)cnc21. The lowest BCUT2D eigenvalue weighted by atomic mass is 10.1. The summed E-state index contributed by atoms with van der Waals surface area (Å²) in [5.74, 6) is 1.44. The van der Waals surface area contributed by atoms with E-state index < -0.39 is 0 Å². The average Bonchev–Trinajstić information content (AvgIpc) is 3.22. The fraction of sp³-hybridized carbons (Fsp3) is 0.500. The van der Waals surface area contributed by atoms with Crippen molar-refractivity contribution in [1.29, 1.82) is 0 Å². The minimum atomic E-state index is 0.369. The van der Waals surface area contributed by atoms with E-state index in [2.05, 4.69) is 37.5 Å². The molecule has 24 heavy (non-hydrogen) atoms. The van der Waals surface area contributed by atoms with Crippen LogP contribution in [0.5, 0.6) is 0 Å². The number of fused-ring (bicyclic) bond motifs is 1. The van der Waals surface area contributed by atoms with Crippen LogP contribution in [0.2, 0.25) is 0 Å². The number of anilines is 1. The summed E-state index contributed by atoms with van der Waals surface area (Å²) in [7, 11) is 0. The standard InChI is InChI=1S/C16H21N7O/c1-3-23-16-13(9-18-23)14(20-11-4-6-24-7-5-11)12(8-17-16)15-19-10(2)21-22-15/h8-9,11H,3-7H2,1-2H3,(H,17,20)(H,19,21,22). The minimum Gasteiger partial charge on any atom is -0.381 e. The molecule has 0 aromatic carbocycles. The fourth-order valence-corrected chi connectivity index (χ4v) is 3.09. The van der Waals surface area contributed by atoms with Crippen molar-refractivity contribution in [2.75, 3.05) is 18.5 Å². The van der Waals surface area contributed by atoms with Crippen molar-refractivity contribution >= 4 is 16.7 Å². The van der Waals surface area contributed by atoms with Crippen LogP contribution < -0.4 is 5.32 Å². The predicted molar refractivity (Wildman–Crippen MR) is 90.8 cm³/mol. The Morgan fingerprint density at radius 3 is 2.88 bits per heavy atom. The van der Waals surface area contributed by atoms with Crippen molar-refractivity contribution in [3.8, 4) is 11.4 Å². The fourth-order valence-electron chi connectivity index (χ4n) is 3.09. The number of nitrogens with zero attached hydrogens (tertiary/aromatic N) is 5. The van der Waals surface area contributed by atoms with Crippen molar-refractivity contribution in [3.05, 3.63) is 18.2 Å². The summed E-state index contributed by atoms with van der Waals surface area (Å²) in [5.41, 5.74) is 2.78. The zero-order valence-electron chi connectivity index (χ0n) is 13.9. The van der Waals surface area contributed by atoms with Crippen LogP contribution in [0.15, 0.2) is 12.4 Å². The summed E-state index contributed by atoms with van der Waals surface area (Å²) in [6.45, 7) is 6.31. The van der Waals surface area contributed by atoms with Gasteiger partial charge in [-0.3, -0.25) is 5.10 Å². The molecule has 1 saturated heterocycles. The molecule has 0 unspecified atom stereocenters. The number of hydrogen-bond donors (Lipinski definition) is 2. The highest BCUT2D eigenvalue weighted by Crippen LogP contribution is 2.33. The van der Waals surface area contributed by atoms with Gasteiger partial charge in [-0.1, -0.05) is 0 Å². The lowest BCUT2D eigenvalue weighted by molar-refractivity contribution is 0.0905. The highest BCUT2D eigenvalue weighted by Gasteiger charge is 2.21. The van der Waals surface area contributed by atoms with E-state index in [1.807, 2.05) is 24.0 Å². The Kier molecular flexibility index (Phi) is 3.89. The number of hydrogen-bond acceptors (Lipinski definition) is 6. The summed E-state index contributed by atoms with van der Waals surface area (Å²) in [6.07, 6.45) is 5.67. The first-order valence-corrected chi connectivity index (χ1v) is 8.34. The van der Waals surface area contributed by atoms with Crippen molar-refractivity contribution in [3.63, 3.8) is 0 Å². The maximum atomic E-state index is 5.47. The quantitative estimate of drug-likeness (QED) is 0.762. The molecule has 2 N–H and O–H groups in total. The van der Waals surface area contributed by atoms with Crippen molar-refractivity contribution < 1.29 is 4.74 Å². The zero-order chi connectivity index (χ0) is 16.5. The number of rotatable bonds is 4. The summed E-state index contributed by atoms with van der Waals surface area (Å²) < 4.78 is 7.37.